The van der Waals surface area contributed by atoms with E-state index in [2.05, 4.69) is 26.0 Å². The number of rotatable bonds is 18. The van der Waals surface area contributed by atoms with Crippen molar-refractivity contribution in [3.8, 4) is 0 Å². The van der Waals surface area contributed by atoms with E-state index in [1.165, 1.54) is 103 Å². The highest BCUT2D eigenvalue weighted by molar-refractivity contribution is 4.81. The van der Waals surface area contributed by atoms with Gasteiger partial charge >= 0.3 is 0 Å². The van der Waals surface area contributed by atoms with Gasteiger partial charge in [0, 0.05) is 0 Å². The molecule has 0 saturated carbocycles. The zero-order valence-electron chi connectivity index (χ0n) is 15.3. The second kappa shape index (κ2) is 20.7. The molecule has 0 unspecified atom stereocenters. The lowest BCUT2D eigenvalue weighted by atomic mass is 10.1. The molecule has 0 rings (SSSR count). The summed E-state index contributed by atoms with van der Waals surface area (Å²) in [5.74, 6) is 0. The lowest BCUT2D eigenvalue weighted by Crippen LogP contribution is -1.81. The van der Waals surface area contributed by atoms with Crippen molar-refractivity contribution in [3.05, 3.63) is 26.0 Å². The van der Waals surface area contributed by atoms with Gasteiger partial charge in [-0.1, -0.05) is 116 Å². The number of unbranched alkanes of at least 4 members (excludes halogenated alkanes) is 16. The van der Waals surface area contributed by atoms with Gasteiger partial charge in [0.2, 0.25) is 0 Å². The van der Waals surface area contributed by atoms with Crippen molar-refractivity contribution >= 4 is 0 Å². The predicted molar refractivity (Wildman–Crippen MR) is 103 cm³/mol. The summed E-state index contributed by atoms with van der Waals surface area (Å²) in [5.41, 5.74) is 0. The zero-order valence-corrected chi connectivity index (χ0v) is 15.3. The Bertz CT molecular complexity index is 204. The average Bonchev–Trinajstić information content (AvgIpc) is 2.54. The summed E-state index contributed by atoms with van der Waals surface area (Å²) in [4.78, 5) is 0. The maximum Gasteiger partial charge on any atom is -0.0351 e. The SMILES string of the molecule is [CH2]CCCCCCC/C=C/CCCCCCCCCCC[CH2]. The fourth-order valence-corrected chi connectivity index (χ4v) is 2.88. The second-order valence-corrected chi connectivity index (χ2v) is 6.71. The largest absolute Gasteiger partial charge is 0.0885 e. The molecule has 0 amide bonds. The van der Waals surface area contributed by atoms with E-state index >= 15 is 0 Å². The van der Waals surface area contributed by atoms with Crippen LogP contribution in [-0.4, -0.2) is 0 Å². The molecule has 0 fully saturated rings. The highest BCUT2D eigenvalue weighted by Gasteiger charge is 1.92. The molecule has 22 heavy (non-hydrogen) atoms. The van der Waals surface area contributed by atoms with Gasteiger partial charge in [0.05, 0.1) is 0 Å². The standard InChI is InChI=1S/C22H42/c1-3-5-7-9-11-13-15-17-19-21-22-20-18-16-14-12-10-8-6-4-2/h17,19H,1-16,18,20-22H2/b19-17+. The van der Waals surface area contributed by atoms with Crippen LogP contribution >= 0.6 is 0 Å². The van der Waals surface area contributed by atoms with Gasteiger partial charge in [0.15, 0.2) is 0 Å². The third kappa shape index (κ3) is 19.7. The monoisotopic (exact) mass is 306 g/mol. The van der Waals surface area contributed by atoms with Crippen molar-refractivity contribution in [3.63, 3.8) is 0 Å². The van der Waals surface area contributed by atoms with E-state index in [4.69, 9.17) is 0 Å². The molecular formula is C22H42. The average molecular weight is 307 g/mol. The smallest absolute Gasteiger partial charge is 0.0351 e. The summed E-state index contributed by atoms with van der Waals surface area (Å²) in [6.07, 6.45) is 29.2. The van der Waals surface area contributed by atoms with Crippen LogP contribution in [0.4, 0.5) is 0 Å². The first kappa shape index (κ1) is 21.7. The van der Waals surface area contributed by atoms with Crippen molar-refractivity contribution in [2.24, 2.45) is 0 Å². The maximum atomic E-state index is 3.89. The van der Waals surface area contributed by atoms with Crippen LogP contribution in [-0.2, 0) is 0 Å². The summed E-state index contributed by atoms with van der Waals surface area (Å²) in [5, 5.41) is 0. The Labute approximate surface area is 142 Å². The third-order valence-corrected chi connectivity index (χ3v) is 4.41. The van der Waals surface area contributed by atoms with Crippen molar-refractivity contribution in [1.82, 2.24) is 0 Å². The van der Waals surface area contributed by atoms with Crippen LogP contribution in [0.5, 0.6) is 0 Å². The van der Waals surface area contributed by atoms with Crippen molar-refractivity contribution in [2.45, 2.75) is 116 Å². The van der Waals surface area contributed by atoms with Gasteiger partial charge < -0.3 is 0 Å². The van der Waals surface area contributed by atoms with E-state index in [-0.39, 0.29) is 0 Å². The highest BCUT2D eigenvalue weighted by atomic mass is 14.0. The van der Waals surface area contributed by atoms with Crippen molar-refractivity contribution in [2.75, 3.05) is 0 Å². The van der Waals surface area contributed by atoms with Gasteiger partial charge in [0.25, 0.3) is 0 Å². The van der Waals surface area contributed by atoms with Crippen molar-refractivity contribution in [1.29, 1.82) is 0 Å². The topological polar surface area (TPSA) is 0 Å². The molecule has 0 aromatic carbocycles. The molecule has 0 N–H and O–H groups in total. The molecule has 0 aromatic rings. The van der Waals surface area contributed by atoms with Gasteiger partial charge in [-0.2, -0.15) is 0 Å². The quantitative estimate of drug-likeness (QED) is 0.177. The van der Waals surface area contributed by atoms with Gasteiger partial charge in [-0.25, -0.2) is 0 Å². The Morgan fingerprint density at radius 1 is 0.364 bits per heavy atom. The number of allylic oxidation sites excluding steroid dienone is 2. The van der Waals surface area contributed by atoms with Crippen LogP contribution in [0.15, 0.2) is 12.2 Å². The van der Waals surface area contributed by atoms with E-state index < -0.39 is 0 Å². The lowest BCUT2D eigenvalue weighted by Gasteiger charge is -2.01. The molecule has 0 heterocycles. The molecule has 0 aliphatic heterocycles. The molecule has 0 bridgehead atoms. The molecular weight excluding hydrogens is 264 g/mol. The Morgan fingerprint density at radius 3 is 0.955 bits per heavy atom. The fourth-order valence-electron chi connectivity index (χ4n) is 2.88. The van der Waals surface area contributed by atoms with Crippen LogP contribution in [0, 0.1) is 13.8 Å². The predicted octanol–water partition coefficient (Wildman–Crippen LogP) is 8.23. The normalized spacial score (nSPS) is 11.5. The summed E-state index contributed by atoms with van der Waals surface area (Å²) in [6.45, 7) is 7.78. The summed E-state index contributed by atoms with van der Waals surface area (Å²) < 4.78 is 0. The molecule has 0 saturated heterocycles. The van der Waals surface area contributed by atoms with Gasteiger partial charge in [0.1, 0.15) is 0 Å². The van der Waals surface area contributed by atoms with Crippen molar-refractivity contribution < 1.29 is 0 Å². The Hall–Kier alpha value is -0.260. The summed E-state index contributed by atoms with van der Waals surface area (Å²) in [7, 11) is 0. The Kier molecular flexibility index (Phi) is 20.5. The van der Waals surface area contributed by atoms with Gasteiger partial charge in [-0.15, -0.1) is 0 Å². The minimum atomic E-state index is 1.11. The van der Waals surface area contributed by atoms with E-state index in [1.54, 1.807) is 0 Å². The fraction of sp³-hybridized carbons (Fsp3) is 0.818. The summed E-state index contributed by atoms with van der Waals surface area (Å²) >= 11 is 0. The molecule has 0 heteroatoms. The molecule has 0 aliphatic rings. The second-order valence-electron chi connectivity index (χ2n) is 6.71. The molecule has 0 aliphatic carbocycles. The first-order valence-electron chi connectivity index (χ1n) is 10.1. The molecule has 130 valence electrons. The van der Waals surface area contributed by atoms with Crippen LogP contribution in [0.3, 0.4) is 0 Å². The van der Waals surface area contributed by atoms with E-state index in [9.17, 15) is 0 Å². The number of hydrogen-bond acceptors (Lipinski definition) is 0. The molecule has 0 nitrogen and oxygen atoms in total. The molecule has 0 aromatic heterocycles. The van der Waals surface area contributed by atoms with E-state index in [0.29, 0.717) is 0 Å². The molecule has 0 spiro atoms. The van der Waals surface area contributed by atoms with Crippen LogP contribution in [0.2, 0.25) is 0 Å². The minimum Gasteiger partial charge on any atom is -0.0885 e. The van der Waals surface area contributed by atoms with Crippen LogP contribution in [0.1, 0.15) is 116 Å². The van der Waals surface area contributed by atoms with E-state index in [0.717, 1.165) is 12.8 Å². The highest BCUT2D eigenvalue weighted by Crippen LogP contribution is 2.12. The van der Waals surface area contributed by atoms with Gasteiger partial charge in [-0.3, -0.25) is 0 Å². The first-order chi connectivity index (χ1) is 10.9. The minimum absolute atomic E-state index is 1.11. The number of hydrogen-bond donors (Lipinski definition) is 0. The Balaban J connectivity index is 3.02. The van der Waals surface area contributed by atoms with Crippen LogP contribution in [0.25, 0.3) is 0 Å². The molecule has 0 atom stereocenters. The van der Waals surface area contributed by atoms with E-state index in [1.807, 2.05) is 0 Å². The van der Waals surface area contributed by atoms with Gasteiger partial charge in [-0.05, 0) is 25.7 Å². The Morgan fingerprint density at radius 2 is 0.636 bits per heavy atom. The third-order valence-electron chi connectivity index (χ3n) is 4.41. The molecule has 2 radical (unpaired) electrons. The van der Waals surface area contributed by atoms with Crippen LogP contribution < -0.4 is 0 Å². The zero-order chi connectivity index (χ0) is 16.1. The summed E-state index contributed by atoms with van der Waals surface area (Å²) in [6, 6.07) is 0. The lowest BCUT2D eigenvalue weighted by molar-refractivity contribution is 0.561. The first-order valence-corrected chi connectivity index (χ1v) is 10.1. The maximum absolute atomic E-state index is 3.89.